The Labute approximate surface area is 188 Å². The molecule has 2 heterocycles. The monoisotopic (exact) mass is 435 g/mol. The van der Waals surface area contributed by atoms with Crippen molar-refractivity contribution in [2.45, 2.75) is 44.1 Å². The summed E-state index contributed by atoms with van der Waals surface area (Å²) < 4.78 is 10.7. The van der Waals surface area contributed by atoms with Gasteiger partial charge in [0.25, 0.3) is 5.91 Å². The maximum absolute atomic E-state index is 12.6. The lowest BCUT2D eigenvalue weighted by Gasteiger charge is -2.34. The Morgan fingerprint density at radius 2 is 1.81 bits per heavy atom. The molecule has 1 saturated carbocycles. The lowest BCUT2D eigenvalue weighted by molar-refractivity contribution is -0.142. The third kappa shape index (κ3) is 3.77. The van der Waals surface area contributed by atoms with E-state index in [9.17, 15) is 14.7 Å². The van der Waals surface area contributed by atoms with Crippen LogP contribution < -0.4 is 4.74 Å². The summed E-state index contributed by atoms with van der Waals surface area (Å²) in [6.07, 6.45) is 4.92. The first-order valence-electron chi connectivity index (χ1n) is 11.4. The van der Waals surface area contributed by atoms with Gasteiger partial charge in [-0.05, 0) is 72.3 Å². The number of hydrogen-bond acceptors (Lipinski definition) is 4. The van der Waals surface area contributed by atoms with Crippen molar-refractivity contribution in [2.24, 2.45) is 5.41 Å². The smallest absolute Gasteiger partial charge is 0.339 e. The molecule has 2 aromatic carbocycles. The number of carboxylic acids is 1. The summed E-state index contributed by atoms with van der Waals surface area (Å²) >= 11 is 0. The van der Waals surface area contributed by atoms with Gasteiger partial charge < -0.3 is 19.5 Å². The molecule has 168 valence electrons. The van der Waals surface area contributed by atoms with E-state index in [-0.39, 0.29) is 17.6 Å². The van der Waals surface area contributed by atoms with Gasteiger partial charge >= 0.3 is 5.97 Å². The molecule has 3 fully saturated rings. The number of benzene rings is 2. The van der Waals surface area contributed by atoms with Crippen LogP contribution in [-0.2, 0) is 9.53 Å². The number of likely N-dealkylation sites (tertiary alicyclic amines) is 1. The van der Waals surface area contributed by atoms with Gasteiger partial charge in [-0.25, -0.2) is 4.79 Å². The van der Waals surface area contributed by atoms with Crippen LogP contribution in [0.3, 0.4) is 0 Å². The predicted octanol–water partition coefficient (Wildman–Crippen LogP) is 4.34. The lowest BCUT2D eigenvalue weighted by Crippen LogP contribution is -2.44. The van der Waals surface area contributed by atoms with Gasteiger partial charge in [0.2, 0.25) is 0 Å². The minimum Gasteiger partial charge on any atom is -0.496 e. The molecule has 5 rings (SSSR count). The van der Waals surface area contributed by atoms with Crippen LogP contribution in [0.5, 0.6) is 5.75 Å². The quantitative estimate of drug-likeness (QED) is 0.756. The Bertz CT molecular complexity index is 1020. The molecule has 32 heavy (non-hydrogen) atoms. The lowest BCUT2D eigenvalue weighted by atomic mass is 9.88. The SMILES string of the molecule is COc1ccc(-c2ccc(C3CC34CCN(C(=O)[C@H]3CCCO3)CC4)cc2)cc1C(=O)O. The number of rotatable bonds is 5. The number of aromatic carboxylic acids is 1. The summed E-state index contributed by atoms with van der Waals surface area (Å²) in [6.45, 7) is 2.37. The number of piperidine rings is 1. The van der Waals surface area contributed by atoms with Crippen LogP contribution >= 0.6 is 0 Å². The van der Waals surface area contributed by atoms with E-state index in [1.807, 2.05) is 11.0 Å². The fourth-order valence-electron chi connectivity index (χ4n) is 5.48. The first kappa shape index (κ1) is 21.0. The number of ether oxygens (including phenoxy) is 2. The van der Waals surface area contributed by atoms with Crippen molar-refractivity contribution in [1.29, 1.82) is 0 Å². The molecule has 2 atom stereocenters. The zero-order chi connectivity index (χ0) is 22.3. The van der Waals surface area contributed by atoms with Gasteiger partial charge in [-0.2, -0.15) is 0 Å². The van der Waals surface area contributed by atoms with Crippen LogP contribution in [-0.4, -0.2) is 54.8 Å². The van der Waals surface area contributed by atoms with E-state index < -0.39 is 5.97 Å². The average Bonchev–Trinajstić information content (AvgIpc) is 3.24. The van der Waals surface area contributed by atoms with E-state index in [1.165, 1.54) is 19.1 Å². The molecule has 1 amide bonds. The highest BCUT2D eigenvalue weighted by Crippen LogP contribution is 2.65. The number of amides is 1. The topological polar surface area (TPSA) is 76.1 Å². The molecular weight excluding hydrogens is 406 g/mol. The Morgan fingerprint density at radius 3 is 2.44 bits per heavy atom. The normalized spacial score (nSPS) is 23.8. The van der Waals surface area contributed by atoms with Crippen molar-refractivity contribution in [3.05, 3.63) is 53.6 Å². The number of carbonyl (C=O) groups excluding carboxylic acids is 1. The molecule has 2 saturated heterocycles. The Morgan fingerprint density at radius 1 is 1.09 bits per heavy atom. The van der Waals surface area contributed by atoms with Crippen molar-refractivity contribution in [2.75, 3.05) is 26.8 Å². The molecule has 1 aliphatic carbocycles. The average molecular weight is 436 g/mol. The molecule has 6 nitrogen and oxygen atoms in total. The summed E-state index contributed by atoms with van der Waals surface area (Å²) in [7, 11) is 1.48. The second-order valence-corrected chi connectivity index (χ2v) is 9.29. The van der Waals surface area contributed by atoms with Crippen molar-refractivity contribution in [3.8, 4) is 16.9 Å². The Kier molecular flexibility index (Phi) is 5.41. The summed E-state index contributed by atoms with van der Waals surface area (Å²) in [4.78, 5) is 26.1. The van der Waals surface area contributed by atoms with Crippen LogP contribution in [0, 0.1) is 5.41 Å². The Balaban J connectivity index is 1.24. The third-order valence-corrected chi connectivity index (χ3v) is 7.54. The highest BCUT2D eigenvalue weighted by molar-refractivity contribution is 5.92. The van der Waals surface area contributed by atoms with E-state index >= 15 is 0 Å². The van der Waals surface area contributed by atoms with E-state index in [1.54, 1.807) is 12.1 Å². The van der Waals surface area contributed by atoms with E-state index in [2.05, 4.69) is 24.3 Å². The van der Waals surface area contributed by atoms with Gasteiger partial charge in [-0.3, -0.25) is 4.79 Å². The van der Waals surface area contributed by atoms with Crippen LogP contribution in [0.2, 0.25) is 0 Å². The molecule has 2 aromatic rings. The molecule has 0 radical (unpaired) electrons. The van der Waals surface area contributed by atoms with E-state index in [0.717, 1.165) is 49.9 Å². The van der Waals surface area contributed by atoms with E-state index in [0.29, 0.717) is 23.7 Å². The number of methoxy groups -OCH3 is 1. The maximum atomic E-state index is 12.6. The molecule has 2 aliphatic heterocycles. The van der Waals surface area contributed by atoms with Gasteiger partial charge in [0.1, 0.15) is 17.4 Å². The van der Waals surface area contributed by atoms with Crippen LogP contribution in [0.1, 0.15) is 53.9 Å². The summed E-state index contributed by atoms with van der Waals surface area (Å²) in [5, 5.41) is 9.44. The van der Waals surface area contributed by atoms with Crippen LogP contribution in [0.25, 0.3) is 11.1 Å². The second kappa shape index (κ2) is 8.24. The second-order valence-electron chi connectivity index (χ2n) is 9.29. The number of nitrogens with zero attached hydrogens (tertiary/aromatic N) is 1. The van der Waals surface area contributed by atoms with Gasteiger partial charge in [-0.1, -0.05) is 30.3 Å². The largest absolute Gasteiger partial charge is 0.496 e. The zero-order valence-electron chi connectivity index (χ0n) is 18.4. The van der Waals surface area contributed by atoms with E-state index in [4.69, 9.17) is 9.47 Å². The fourth-order valence-corrected chi connectivity index (χ4v) is 5.48. The first-order valence-corrected chi connectivity index (χ1v) is 11.4. The molecular formula is C26H29NO5. The molecule has 0 bridgehead atoms. The van der Waals surface area contributed by atoms with Crippen molar-refractivity contribution in [3.63, 3.8) is 0 Å². The molecule has 1 spiro atoms. The van der Waals surface area contributed by atoms with Gasteiger partial charge in [0.05, 0.1) is 7.11 Å². The molecule has 6 heteroatoms. The van der Waals surface area contributed by atoms with Crippen LogP contribution in [0.4, 0.5) is 0 Å². The standard InChI is InChI=1S/C26H29NO5/c1-31-22-9-8-19(15-20(22)25(29)30)17-4-6-18(7-5-17)21-16-26(21)10-12-27(13-11-26)24(28)23-3-2-14-32-23/h4-9,15,21,23H,2-3,10-14,16H2,1H3,(H,29,30)/t21?,23-/m1/s1. The highest BCUT2D eigenvalue weighted by Gasteiger charge is 2.55. The van der Waals surface area contributed by atoms with Gasteiger partial charge in [-0.15, -0.1) is 0 Å². The number of hydrogen-bond donors (Lipinski definition) is 1. The summed E-state index contributed by atoms with van der Waals surface area (Å²) in [5.74, 6) is 0.0905. The highest BCUT2D eigenvalue weighted by atomic mass is 16.5. The number of carboxylic acid groups (broad SMARTS) is 1. The maximum Gasteiger partial charge on any atom is 0.339 e. The minimum atomic E-state index is -0.996. The summed E-state index contributed by atoms with van der Waals surface area (Å²) in [6, 6.07) is 13.7. The fraction of sp³-hybridized carbons (Fsp3) is 0.462. The van der Waals surface area contributed by atoms with Crippen molar-refractivity contribution >= 4 is 11.9 Å². The van der Waals surface area contributed by atoms with Gasteiger partial charge in [0.15, 0.2) is 0 Å². The number of carbonyl (C=O) groups is 2. The molecule has 1 N–H and O–H groups in total. The van der Waals surface area contributed by atoms with Crippen molar-refractivity contribution < 1.29 is 24.2 Å². The zero-order valence-corrected chi connectivity index (χ0v) is 18.4. The summed E-state index contributed by atoms with van der Waals surface area (Å²) in [5.41, 5.74) is 3.68. The minimum absolute atomic E-state index is 0.166. The molecule has 1 unspecified atom stereocenters. The molecule has 3 aliphatic rings. The van der Waals surface area contributed by atoms with Crippen LogP contribution in [0.15, 0.2) is 42.5 Å². The Hall–Kier alpha value is -2.86. The predicted molar refractivity (Wildman–Crippen MR) is 120 cm³/mol. The molecule has 0 aromatic heterocycles. The first-order chi connectivity index (χ1) is 15.5. The third-order valence-electron chi connectivity index (χ3n) is 7.54. The van der Waals surface area contributed by atoms with Crippen molar-refractivity contribution in [1.82, 2.24) is 4.90 Å². The van der Waals surface area contributed by atoms with Gasteiger partial charge in [0, 0.05) is 19.7 Å².